The van der Waals surface area contributed by atoms with Crippen LogP contribution >= 0.6 is 0 Å². The van der Waals surface area contributed by atoms with Crippen LogP contribution in [0.5, 0.6) is 5.75 Å². The number of urea groups is 1. The Balaban J connectivity index is 1.91. The summed E-state index contributed by atoms with van der Waals surface area (Å²) in [6, 6.07) is 11.2. The second kappa shape index (κ2) is 9.41. The van der Waals surface area contributed by atoms with Gasteiger partial charge in [-0.15, -0.1) is 0 Å². The third kappa shape index (κ3) is 5.77. The predicted molar refractivity (Wildman–Crippen MR) is 96.7 cm³/mol. The van der Waals surface area contributed by atoms with Gasteiger partial charge in [-0.25, -0.2) is 4.79 Å². The molecule has 0 bridgehead atoms. The number of ether oxygens (including phenoxy) is 1. The Labute approximate surface area is 152 Å². The first-order chi connectivity index (χ1) is 12.5. The van der Waals surface area contributed by atoms with Crippen LogP contribution in [0.25, 0.3) is 0 Å². The molecule has 0 aliphatic rings. The number of carboxylic acids is 1. The first-order valence-corrected chi connectivity index (χ1v) is 8.28. The maximum atomic E-state index is 12.1. The summed E-state index contributed by atoms with van der Waals surface area (Å²) in [6.45, 7) is 2.36. The lowest BCUT2D eigenvalue weighted by molar-refractivity contribution is -0.141. The molecule has 7 heteroatoms. The van der Waals surface area contributed by atoms with E-state index in [1.807, 2.05) is 30.3 Å². The molecule has 0 spiro atoms. The molecule has 2 aromatic rings. The lowest BCUT2D eigenvalue weighted by Crippen LogP contribution is -2.40. The molecule has 1 aromatic carbocycles. The summed E-state index contributed by atoms with van der Waals surface area (Å²) in [7, 11) is 1.56. The van der Waals surface area contributed by atoms with E-state index in [2.05, 4.69) is 10.3 Å². The smallest absolute Gasteiger partial charge is 0.317 e. The van der Waals surface area contributed by atoms with Crippen molar-refractivity contribution in [2.24, 2.45) is 5.92 Å². The largest absolute Gasteiger partial charge is 0.487 e. The number of benzene rings is 1. The van der Waals surface area contributed by atoms with E-state index in [1.54, 1.807) is 32.4 Å². The predicted octanol–water partition coefficient (Wildman–Crippen LogP) is 2.52. The number of carbonyl (C=O) groups excluding carboxylic acids is 1. The molecule has 0 saturated carbocycles. The van der Waals surface area contributed by atoms with Crippen LogP contribution in [0.1, 0.15) is 18.1 Å². The summed E-state index contributed by atoms with van der Waals surface area (Å²) < 4.78 is 5.81. The van der Waals surface area contributed by atoms with Gasteiger partial charge in [0.15, 0.2) is 0 Å². The summed E-state index contributed by atoms with van der Waals surface area (Å²) in [6.07, 6.45) is 3.24. The molecule has 0 fully saturated rings. The fourth-order valence-corrected chi connectivity index (χ4v) is 2.30. The Morgan fingerprint density at radius 3 is 2.69 bits per heavy atom. The first-order valence-electron chi connectivity index (χ1n) is 8.28. The van der Waals surface area contributed by atoms with Crippen LogP contribution in [-0.2, 0) is 17.9 Å². The highest BCUT2D eigenvalue weighted by atomic mass is 16.5. The van der Waals surface area contributed by atoms with Gasteiger partial charge >= 0.3 is 12.0 Å². The molecule has 2 N–H and O–H groups in total. The van der Waals surface area contributed by atoms with Crippen molar-refractivity contribution in [1.82, 2.24) is 15.2 Å². The standard InChI is InChI=1S/C19H23N3O4/c1-14(18(23)24)12-22(2)19(25)21-10-16-8-9-20-11-17(16)26-13-15-6-4-3-5-7-15/h3-9,11,14H,10,12-13H2,1-2H3,(H,21,25)(H,23,24). The fraction of sp³-hybridized carbons (Fsp3) is 0.316. The number of hydrogen-bond donors (Lipinski definition) is 2. The second-order valence-corrected chi connectivity index (χ2v) is 6.04. The van der Waals surface area contributed by atoms with E-state index in [9.17, 15) is 9.59 Å². The van der Waals surface area contributed by atoms with Crippen LogP contribution in [-0.4, -0.2) is 40.6 Å². The third-order valence-corrected chi connectivity index (χ3v) is 3.85. The quantitative estimate of drug-likeness (QED) is 0.757. The van der Waals surface area contributed by atoms with E-state index in [-0.39, 0.29) is 19.1 Å². The molecule has 0 saturated heterocycles. The minimum Gasteiger partial charge on any atom is -0.487 e. The van der Waals surface area contributed by atoms with Crippen LogP contribution in [0, 0.1) is 5.92 Å². The van der Waals surface area contributed by atoms with Crippen LogP contribution in [0.4, 0.5) is 4.79 Å². The molecule has 1 atom stereocenters. The van der Waals surface area contributed by atoms with E-state index in [1.165, 1.54) is 4.90 Å². The highest BCUT2D eigenvalue weighted by Crippen LogP contribution is 2.18. The minimum absolute atomic E-state index is 0.134. The number of aliphatic carboxylic acids is 1. The molecule has 0 radical (unpaired) electrons. The summed E-state index contributed by atoms with van der Waals surface area (Å²) in [5.74, 6) is -0.968. The van der Waals surface area contributed by atoms with E-state index < -0.39 is 11.9 Å². The monoisotopic (exact) mass is 357 g/mol. The molecule has 2 amide bonds. The minimum atomic E-state index is -0.935. The van der Waals surface area contributed by atoms with Gasteiger partial charge in [-0.1, -0.05) is 37.3 Å². The van der Waals surface area contributed by atoms with E-state index in [0.29, 0.717) is 12.4 Å². The Kier molecular flexibility index (Phi) is 6.96. The number of rotatable bonds is 8. The zero-order valence-electron chi connectivity index (χ0n) is 14.9. The first kappa shape index (κ1) is 19.2. The number of nitrogens with one attached hydrogen (secondary N) is 1. The molecule has 1 heterocycles. The highest BCUT2D eigenvalue weighted by Gasteiger charge is 2.17. The van der Waals surface area contributed by atoms with Crippen LogP contribution in [0.3, 0.4) is 0 Å². The van der Waals surface area contributed by atoms with E-state index in [0.717, 1.165) is 11.1 Å². The average Bonchev–Trinajstić information content (AvgIpc) is 2.65. The van der Waals surface area contributed by atoms with Crippen LogP contribution < -0.4 is 10.1 Å². The van der Waals surface area contributed by atoms with Gasteiger partial charge < -0.3 is 20.1 Å². The number of nitrogens with zero attached hydrogens (tertiary/aromatic N) is 2. The number of pyridine rings is 1. The summed E-state index contributed by atoms with van der Waals surface area (Å²) in [5, 5.41) is 11.7. The van der Waals surface area contributed by atoms with Crippen molar-refractivity contribution in [3.8, 4) is 5.75 Å². The number of carbonyl (C=O) groups is 2. The van der Waals surface area contributed by atoms with Gasteiger partial charge in [0.1, 0.15) is 12.4 Å². The normalized spacial score (nSPS) is 11.5. The number of carboxylic acid groups (broad SMARTS) is 1. The highest BCUT2D eigenvalue weighted by molar-refractivity contribution is 5.75. The van der Waals surface area contributed by atoms with Crippen molar-refractivity contribution >= 4 is 12.0 Å². The molecule has 7 nitrogen and oxygen atoms in total. The summed E-state index contributed by atoms with van der Waals surface area (Å²) in [4.78, 5) is 28.4. The fourth-order valence-electron chi connectivity index (χ4n) is 2.30. The van der Waals surface area contributed by atoms with Crippen molar-refractivity contribution < 1.29 is 19.4 Å². The maximum absolute atomic E-state index is 12.1. The van der Waals surface area contributed by atoms with Crippen molar-refractivity contribution in [3.05, 3.63) is 59.9 Å². The van der Waals surface area contributed by atoms with Gasteiger partial charge in [0.2, 0.25) is 0 Å². The number of amides is 2. The zero-order chi connectivity index (χ0) is 18.9. The average molecular weight is 357 g/mol. The van der Waals surface area contributed by atoms with Gasteiger partial charge in [-0.2, -0.15) is 0 Å². The topological polar surface area (TPSA) is 91.8 Å². The zero-order valence-corrected chi connectivity index (χ0v) is 14.9. The van der Waals surface area contributed by atoms with Crippen molar-refractivity contribution in [2.45, 2.75) is 20.1 Å². The number of hydrogen-bond acceptors (Lipinski definition) is 4. The Morgan fingerprint density at radius 2 is 2.00 bits per heavy atom. The molecular weight excluding hydrogens is 334 g/mol. The van der Waals surface area contributed by atoms with Gasteiger partial charge in [0.05, 0.1) is 12.1 Å². The van der Waals surface area contributed by atoms with Crippen LogP contribution in [0.2, 0.25) is 0 Å². The van der Waals surface area contributed by atoms with Crippen molar-refractivity contribution in [3.63, 3.8) is 0 Å². The van der Waals surface area contributed by atoms with Gasteiger partial charge in [0, 0.05) is 31.9 Å². The van der Waals surface area contributed by atoms with Crippen LogP contribution in [0.15, 0.2) is 48.8 Å². The summed E-state index contributed by atoms with van der Waals surface area (Å²) in [5.41, 5.74) is 1.83. The number of aromatic nitrogens is 1. The second-order valence-electron chi connectivity index (χ2n) is 6.04. The molecule has 0 aliphatic heterocycles. The molecule has 1 aromatic heterocycles. The molecule has 0 aliphatic carbocycles. The Bertz CT molecular complexity index is 737. The summed E-state index contributed by atoms with van der Waals surface area (Å²) >= 11 is 0. The Hall–Kier alpha value is -3.09. The molecular formula is C19H23N3O4. The Morgan fingerprint density at radius 1 is 1.27 bits per heavy atom. The molecule has 138 valence electrons. The lowest BCUT2D eigenvalue weighted by atomic mass is 10.2. The van der Waals surface area contributed by atoms with E-state index in [4.69, 9.17) is 9.84 Å². The van der Waals surface area contributed by atoms with Gasteiger partial charge in [-0.05, 0) is 11.6 Å². The lowest BCUT2D eigenvalue weighted by Gasteiger charge is -2.20. The van der Waals surface area contributed by atoms with Crippen molar-refractivity contribution in [1.29, 1.82) is 0 Å². The van der Waals surface area contributed by atoms with Gasteiger partial charge in [-0.3, -0.25) is 9.78 Å². The van der Waals surface area contributed by atoms with Crippen molar-refractivity contribution in [2.75, 3.05) is 13.6 Å². The van der Waals surface area contributed by atoms with E-state index >= 15 is 0 Å². The maximum Gasteiger partial charge on any atom is 0.317 e. The van der Waals surface area contributed by atoms with Gasteiger partial charge in [0.25, 0.3) is 0 Å². The molecule has 1 unspecified atom stereocenters. The SMILES string of the molecule is CC(CN(C)C(=O)NCc1ccncc1OCc1ccccc1)C(=O)O. The molecule has 26 heavy (non-hydrogen) atoms. The third-order valence-electron chi connectivity index (χ3n) is 3.85. The molecule has 2 rings (SSSR count).